The molecule has 0 aliphatic carbocycles. The van der Waals surface area contributed by atoms with E-state index in [1.54, 1.807) is 12.4 Å². The van der Waals surface area contributed by atoms with E-state index in [9.17, 15) is 4.79 Å². The van der Waals surface area contributed by atoms with E-state index in [0.717, 1.165) is 11.3 Å². The Balaban J connectivity index is 2.13. The van der Waals surface area contributed by atoms with Gasteiger partial charge in [0.15, 0.2) is 0 Å². The maximum Gasteiger partial charge on any atom is 0.315 e. The lowest BCUT2D eigenvalue weighted by Gasteiger charge is -2.19. The Bertz CT molecular complexity index is 578. The fourth-order valence-corrected chi connectivity index (χ4v) is 2.78. The van der Waals surface area contributed by atoms with E-state index in [-0.39, 0.29) is 17.1 Å². The average molecular weight is 323 g/mol. The molecule has 1 aromatic carbocycles. The first-order valence-electron chi connectivity index (χ1n) is 6.29. The predicted octanol–water partition coefficient (Wildman–Crippen LogP) is 3.75. The molecule has 0 fully saturated rings. The number of hydrogen-bond acceptors (Lipinski definition) is 5. The van der Waals surface area contributed by atoms with E-state index in [4.69, 9.17) is 11.6 Å². The first-order valence-corrected chi connectivity index (χ1v) is 7.72. The van der Waals surface area contributed by atoms with E-state index in [2.05, 4.69) is 15.0 Å². The number of methoxy groups -OCH3 is 1. The van der Waals surface area contributed by atoms with Crippen LogP contribution < -0.4 is 5.32 Å². The van der Waals surface area contributed by atoms with Crippen molar-refractivity contribution in [1.82, 2.24) is 4.98 Å². The Morgan fingerprint density at radius 2 is 2.14 bits per heavy atom. The Labute approximate surface area is 132 Å². The Morgan fingerprint density at radius 3 is 2.76 bits per heavy atom. The maximum atomic E-state index is 11.3. The summed E-state index contributed by atoms with van der Waals surface area (Å²) in [7, 11) is 1.38. The molecule has 1 atom stereocenters. The molecule has 4 nitrogen and oxygen atoms in total. The van der Waals surface area contributed by atoms with Crippen molar-refractivity contribution in [3.63, 3.8) is 0 Å². The van der Waals surface area contributed by atoms with Gasteiger partial charge in [-0.3, -0.25) is 9.78 Å². The SMILES string of the molecule is COC(=O)CSC(Nc1cccnc1)c1ccc(Cl)cc1. The number of anilines is 1. The van der Waals surface area contributed by atoms with Crippen molar-refractivity contribution in [1.29, 1.82) is 0 Å². The van der Waals surface area contributed by atoms with Crippen LogP contribution >= 0.6 is 23.4 Å². The molecule has 0 aliphatic heterocycles. The standard InChI is InChI=1S/C15H15ClN2O2S/c1-20-14(19)10-21-15(11-4-6-12(16)7-5-11)18-13-3-2-8-17-9-13/h2-9,15,18H,10H2,1H3. The van der Waals surface area contributed by atoms with Crippen LogP contribution in [0.5, 0.6) is 0 Å². The Morgan fingerprint density at radius 1 is 1.38 bits per heavy atom. The van der Waals surface area contributed by atoms with Crippen LogP contribution in [0.15, 0.2) is 48.8 Å². The van der Waals surface area contributed by atoms with Crippen LogP contribution in [0.3, 0.4) is 0 Å². The van der Waals surface area contributed by atoms with Crippen molar-refractivity contribution in [2.75, 3.05) is 18.2 Å². The van der Waals surface area contributed by atoms with Gasteiger partial charge >= 0.3 is 5.97 Å². The molecule has 6 heteroatoms. The second-order valence-corrected chi connectivity index (χ2v) is 5.73. The van der Waals surface area contributed by atoms with Gasteiger partial charge in [-0.05, 0) is 29.8 Å². The molecule has 1 unspecified atom stereocenters. The number of halogens is 1. The average Bonchev–Trinajstić information content (AvgIpc) is 2.53. The second-order valence-electron chi connectivity index (χ2n) is 4.20. The van der Waals surface area contributed by atoms with Crippen LogP contribution in [-0.2, 0) is 9.53 Å². The van der Waals surface area contributed by atoms with Crippen molar-refractivity contribution in [2.24, 2.45) is 0 Å². The number of carbonyl (C=O) groups excluding carboxylic acids is 1. The van der Waals surface area contributed by atoms with Crippen LogP contribution in [0.2, 0.25) is 5.02 Å². The lowest BCUT2D eigenvalue weighted by Crippen LogP contribution is -2.12. The zero-order chi connectivity index (χ0) is 15.1. The smallest absolute Gasteiger partial charge is 0.315 e. The van der Waals surface area contributed by atoms with Gasteiger partial charge in [-0.1, -0.05) is 23.7 Å². The van der Waals surface area contributed by atoms with Crippen LogP contribution in [-0.4, -0.2) is 23.8 Å². The summed E-state index contributed by atoms with van der Waals surface area (Å²) in [5.41, 5.74) is 1.91. The Kier molecular flexibility index (Phi) is 5.90. The summed E-state index contributed by atoms with van der Waals surface area (Å²) in [6.45, 7) is 0. The molecule has 2 rings (SSSR count). The fourth-order valence-electron chi connectivity index (χ4n) is 1.67. The van der Waals surface area contributed by atoms with E-state index in [1.807, 2.05) is 36.4 Å². The lowest BCUT2D eigenvalue weighted by molar-refractivity contribution is -0.137. The molecule has 0 amide bonds. The molecular formula is C15H15ClN2O2S. The molecular weight excluding hydrogens is 308 g/mol. The van der Waals surface area contributed by atoms with Gasteiger partial charge in [-0.2, -0.15) is 0 Å². The summed E-state index contributed by atoms with van der Waals surface area (Å²) >= 11 is 7.37. The third-order valence-corrected chi connectivity index (χ3v) is 4.11. The highest BCUT2D eigenvalue weighted by Gasteiger charge is 2.14. The van der Waals surface area contributed by atoms with Gasteiger partial charge in [0.05, 0.1) is 23.9 Å². The molecule has 0 spiro atoms. The van der Waals surface area contributed by atoms with Crippen molar-refractivity contribution >= 4 is 35.0 Å². The molecule has 110 valence electrons. The van der Waals surface area contributed by atoms with Gasteiger partial charge in [0.2, 0.25) is 0 Å². The lowest BCUT2D eigenvalue weighted by atomic mass is 10.2. The van der Waals surface area contributed by atoms with Crippen molar-refractivity contribution in [3.05, 3.63) is 59.4 Å². The van der Waals surface area contributed by atoms with Gasteiger partial charge in [0, 0.05) is 17.4 Å². The van der Waals surface area contributed by atoms with Gasteiger partial charge < -0.3 is 10.1 Å². The molecule has 0 aliphatic rings. The highest BCUT2D eigenvalue weighted by atomic mass is 35.5. The molecule has 1 heterocycles. The van der Waals surface area contributed by atoms with E-state index in [0.29, 0.717) is 5.02 Å². The molecule has 0 radical (unpaired) electrons. The summed E-state index contributed by atoms with van der Waals surface area (Å²) < 4.78 is 4.68. The maximum absolute atomic E-state index is 11.3. The number of thioether (sulfide) groups is 1. The number of ether oxygens (including phenoxy) is 1. The zero-order valence-electron chi connectivity index (χ0n) is 11.5. The largest absolute Gasteiger partial charge is 0.468 e. The number of nitrogens with zero attached hydrogens (tertiary/aromatic N) is 1. The topological polar surface area (TPSA) is 51.2 Å². The third-order valence-electron chi connectivity index (χ3n) is 2.73. The number of hydrogen-bond donors (Lipinski definition) is 1. The second kappa shape index (κ2) is 7.90. The van der Waals surface area contributed by atoms with Crippen LogP contribution in [0.25, 0.3) is 0 Å². The molecule has 0 saturated carbocycles. The number of nitrogens with one attached hydrogen (secondary N) is 1. The number of rotatable bonds is 6. The molecule has 1 N–H and O–H groups in total. The third kappa shape index (κ3) is 4.95. The summed E-state index contributed by atoms with van der Waals surface area (Å²) in [6.07, 6.45) is 3.45. The zero-order valence-corrected chi connectivity index (χ0v) is 13.0. The number of pyridine rings is 1. The molecule has 2 aromatic rings. The first kappa shape index (κ1) is 15.7. The normalized spacial score (nSPS) is 11.7. The highest BCUT2D eigenvalue weighted by molar-refractivity contribution is 8.00. The number of esters is 1. The van der Waals surface area contributed by atoms with E-state index >= 15 is 0 Å². The quantitative estimate of drug-likeness (QED) is 0.648. The monoisotopic (exact) mass is 322 g/mol. The molecule has 1 aromatic heterocycles. The van der Waals surface area contributed by atoms with Gasteiger partial charge in [-0.25, -0.2) is 0 Å². The minimum atomic E-state index is -0.257. The van der Waals surface area contributed by atoms with Gasteiger partial charge in [-0.15, -0.1) is 11.8 Å². The number of carbonyl (C=O) groups is 1. The summed E-state index contributed by atoms with van der Waals surface area (Å²) in [5.74, 6) is 0.00351. The van der Waals surface area contributed by atoms with Gasteiger partial charge in [0.25, 0.3) is 0 Å². The summed E-state index contributed by atoms with van der Waals surface area (Å²) in [4.78, 5) is 15.4. The van der Waals surface area contributed by atoms with Gasteiger partial charge in [0.1, 0.15) is 0 Å². The summed E-state index contributed by atoms with van der Waals surface area (Å²) in [5, 5.41) is 3.93. The minimum absolute atomic E-state index is 0.0921. The number of aromatic nitrogens is 1. The molecule has 0 saturated heterocycles. The van der Waals surface area contributed by atoms with E-state index in [1.165, 1.54) is 18.9 Å². The minimum Gasteiger partial charge on any atom is -0.468 e. The predicted molar refractivity (Wildman–Crippen MR) is 86.5 cm³/mol. The fraction of sp³-hybridized carbons (Fsp3) is 0.200. The molecule has 21 heavy (non-hydrogen) atoms. The van der Waals surface area contributed by atoms with E-state index < -0.39 is 0 Å². The summed E-state index contributed by atoms with van der Waals surface area (Å²) in [6, 6.07) is 11.3. The highest BCUT2D eigenvalue weighted by Crippen LogP contribution is 2.30. The van der Waals surface area contributed by atoms with Crippen molar-refractivity contribution < 1.29 is 9.53 Å². The first-order chi connectivity index (χ1) is 10.2. The number of benzene rings is 1. The van der Waals surface area contributed by atoms with Crippen molar-refractivity contribution in [2.45, 2.75) is 5.37 Å². The van der Waals surface area contributed by atoms with Crippen molar-refractivity contribution in [3.8, 4) is 0 Å². The van der Waals surface area contributed by atoms with Crippen LogP contribution in [0.4, 0.5) is 5.69 Å². The Hall–Kier alpha value is -1.72. The van der Waals surface area contributed by atoms with Crippen LogP contribution in [0.1, 0.15) is 10.9 Å². The molecule has 0 bridgehead atoms. The van der Waals surface area contributed by atoms with Crippen LogP contribution in [0, 0.1) is 0 Å².